The van der Waals surface area contributed by atoms with E-state index in [2.05, 4.69) is 0 Å². The maximum absolute atomic E-state index is 11.1. The molecule has 0 saturated carbocycles. The average Bonchev–Trinajstić information content (AvgIpc) is 2.46. The highest BCUT2D eigenvalue weighted by Crippen LogP contribution is 2.19. The van der Waals surface area contributed by atoms with Gasteiger partial charge in [0.1, 0.15) is 0 Å². The van der Waals surface area contributed by atoms with Crippen LogP contribution in [0.25, 0.3) is 0 Å². The number of rotatable bonds is 5. The van der Waals surface area contributed by atoms with Crippen LogP contribution in [0.15, 0.2) is 54.6 Å². The number of carboxylic acid groups (broad SMARTS) is 1. The normalized spacial score (nSPS) is 12.1. The van der Waals surface area contributed by atoms with Crippen LogP contribution < -0.4 is 0 Å². The van der Waals surface area contributed by atoms with Gasteiger partial charge in [-0.25, -0.2) is 4.79 Å². The van der Waals surface area contributed by atoms with E-state index in [1.807, 2.05) is 43.3 Å². The maximum Gasteiger partial charge on any atom is 0.336 e. The first-order chi connectivity index (χ1) is 9.18. The fourth-order valence-electron chi connectivity index (χ4n) is 1.89. The summed E-state index contributed by atoms with van der Waals surface area (Å²) < 4.78 is 5.74. The Morgan fingerprint density at radius 2 is 1.74 bits per heavy atom. The molecule has 98 valence electrons. The molecule has 0 radical (unpaired) electrons. The van der Waals surface area contributed by atoms with Crippen LogP contribution in [0.2, 0.25) is 0 Å². The van der Waals surface area contributed by atoms with Gasteiger partial charge >= 0.3 is 5.97 Å². The number of hydrogen-bond acceptors (Lipinski definition) is 2. The van der Waals surface area contributed by atoms with Gasteiger partial charge in [-0.3, -0.25) is 0 Å². The van der Waals surface area contributed by atoms with Gasteiger partial charge in [0.25, 0.3) is 0 Å². The van der Waals surface area contributed by atoms with Gasteiger partial charge in [0.2, 0.25) is 0 Å². The van der Waals surface area contributed by atoms with Gasteiger partial charge in [0.05, 0.1) is 18.3 Å². The molecule has 0 fully saturated rings. The van der Waals surface area contributed by atoms with Crippen molar-refractivity contribution in [3.63, 3.8) is 0 Å². The van der Waals surface area contributed by atoms with Gasteiger partial charge in [0.15, 0.2) is 0 Å². The molecule has 1 unspecified atom stereocenters. The summed E-state index contributed by atoms with van der Waals surface area (Å²) in [5.74, 6) is -0.924. The highest BCUT2D eigenvalue weighted by atomic mass is 16.5. The van der Waals surface area contributed by atoms with Crippen LogP contribution in [0, 0.1) is 0 Å². The highest BCUT2D eigenvalue weighted by Gasteiger charge is 2.11. The third-order valence-corrected chi connectivity index (χ3v) is 3.01. The molecule has 1 N–H and O–H groups in total. The number of aromatic carboxylic acids is 1. The minimum absolute atomic E-state index is 0.0666. The summed E-state index contributed by atoms with van der Waals surface area (Å²) in [7, 11) is 0. The summed E-state index contributed by atoms with van der Waals surface area (Å²) in [4.78, 5) is 11.1. The van der Waals surface area contributed by atoms with E-state index in [1.165, 1.54) is 0 Å². The van der Waals surface area contributed by atoms with Crippen LogP contribution in [-0.4, -0.2) is 11.1 Å². The van der Waals surface area contributed by atoms with Gasteiger partial charge in [0, 0.05) is 0 Å². The summed E-state index contributed by atoms with van der Waals surface area (Å²) in [5, 5.41) is 9.09. The molecule has 0 aliphatic rings. The van der Waals surface area contributed by atoms with E-state index in [0.29, 0.717) is 17.7 Å². The molecule has 3 heteroatoms. The zero-order valence-corrected chi connectivity index (χ0v) is 10.7. The molecule has 2 aromatic rings. The third kappa shape index (κ3) is 3.42. The quantitative estimate of drug-likeness (QED) is 0.888. The fraction of sp³-hybridized carbons (Fsp3) is 0.188. The van der Waals surface area contributed by atoms with Crippen molar-refractivity contribution < 1.29 is 14.6 Å². The molecule has 0 heterocycles. The van der Waals surface area contributed by atoms with E-state index in [4.69, 9.17) is 9.84 Å². The Balaban J connectivity index is 2.05. The number of carboxylic acids is 1. The first-order valence-electron chi connectivity index (χ1n) is 6.16. The van der Waals surface area contributed by atoms with Crippen LogP contribution in [-0.2, 0) is 11.3 Å². The first-order valence-corrected chi connectivity index (χ1v) is 6.16. The Kier molecular flexibility index (Phi) is 4.31. The van der Waals surface area contributed by atoms with Crippen LogP contribution in [0.4, 0.5) is 0 Å². The SMILES string of the molecule is CC(OCc1ccccc1C(=O)O)c1ccccc1. The van der Waals surface area contributed by atoms with Crippen LogP contribution in [0.3, 0.4) is 0 Å². The maximum atomic E-state index is 11.1. The van der Waals surface area contributed by atoms with Crippen molar-refractivity contribution in [1.29, 1.82) is 0 Å². The molecule has 0 amide bonds. The minimum atomic E-state index is -0.924. The smallest absolute Gasteiger partial charge is 0.336 e. The third-order valence-electron chi connectivity index (χ3n) is 3.01. The van der Waals surface area contributed by atoms with Gasteiger partial charge in [-0.15, -0.1) is 0 Å². The van der Waals surface area contributed by atoms with Crippen molar-refractivity contribution >= 4 is 5.97 Å². The average molecular weight is 256 g/mol. The van der Waals surface area contributed by atoms with Crippen LogP contribution in [0.5, 0.6) is 0 Å². The van der Waals surface area contributed by atoms with Crippen LogP contribution in [0.1, 0.15) is 34.5 Å². The van der Waals surface area contributed by atoms with Gasteiger partial charge in [-0.1, -0.05) is 48.5 Å². The zero-order chi connectivity index (χ0) is 13.7. The van der Waals surface area contributed by atoms with Gasteiger partial charge < -0.3 is 9.84 Å². The second kappa shape index (κ2) is 6.16. The molecule has 0 saturated heterocycles. The van der Waals surface area contributed by atoms with Crippen molar-refractivity contribution in [2.75, 3.05) is 0 Å². The van der Waals surface area contributed by atoms with Crippen molar-refractivity contribution in [1.82, 2.24) is 0 Å². The van der Waals surface area contributed by atoms with Crippen LogP contribution >= 0.6 is 0 Å². The number of ether oxygens (including phenoxy) is 1. The summed E-state index contributed by atoms with van der Waals surface area (Å²) in [5.41, 5.74) is 2.07. The van der Waals surface area contributed by atoms with Crippen molar-refractivity contribution in [2.24, 2.45) is 0 Å². The Morgan fingerprint density at radius 1 is 1.11 bits per heavy atom. The minimum Gasteiger partial charge on any atom is -0.478 e. The molecule has 0 aliphatic carbocycles. The zero-order valence-electron chi connectivity index (χ0n) is 10.7. The van der Waals surface area contributed by atoms with Crippen molar-refractivity contribution in [3.05, 3.63) is 71.3 Å². The van der Waals surface area contributed by atoms with E-state index in [1.54, 1.807) is 18.2 Å². The lowest BCUT2D eigenvalue weighted by Crippen LogP contribution is -2.06. The van der Waals surface area contributed by atoms with E-state index in [-0.39, 0.29) is 6.10 Å². The van der Waals surface area contributed by atoms with Gasteiger partial charge in [-0.05, 0) is 24.1 Å². The molecule has 0 spiro atoms. The summed E-state index contributed by atoms with van der Waals surface area (Å²) in [6.45, 7) is 2.25. The lowest BCUT2D eigenvalue weighted by molar-refractivity contribution is 0.0503. The molecule has 3 nitrogen and oxygen atoms in total. The Bertz CT molecular complexity index is 549. The standard InChI is InChI=1S/C16H16O3/c1-12(13-7-3-2-4-8-13)19-11-14-9-5-6-10-15(14)16(17)18/h2-10,12H,11H2,1H3,(H,17,18). The molecular formula is C16H16O3. The second-order valence-corrected chi connectivity index (χ2v) is 4.33. The lowest BCUT2D eigenvalue weighted by atomic mass is 10.1. The molecule has 0 aromatic heterocycles. The molecule has 19 heavy (non-hydrogen) atoms. The predicted molar refractivity (Wildman–Crippen MR) is 73.0 cm³/mol. The molecular weight excluding hydrogens is 240 g/mol. The fourth-order valence-corrected chi connectivity index (χ4v) is 1.89. The largest absolute Gasteiger partial charge is 0.478 e. The molecule has 0 aliphatic heterocycles. The topological polar surface area (TPSA) is 46.5 Å². The Hall–Kier alpha value is -2.13. The molecule has 2 aromatic carbocycles. The number of hydrogen-bond donors (Lipinski definition) is 1. The lowest BCUT2D eigenvalue weighted by Gasteiger charge is -2.14. The summed E-state index contributed by atoms with van der Waals surface area (Å²) in [6, 6.07) is 16.8. The van der Waals surface area contributed by atoms with E-state index >= 15 is 0 Å². The van der Waals surface area contributed by atoms with Crippen molar-refractivity contribution in [3.8, 4) is 0 Å². The predicted octanol–water partition coefficient (Wildman–Crippen LogP) is 3.66. The van der Waals surface area contributed by atoms with Crippen molar-refractivity contribution in [2.45, 2.75) is 19.6 Å². The molecule has 1 atom stereocenters. The Morgan fingerprint density at radius 3 is 2.42 bits per heavy atom. The first kappa shape index (κ1) is 13.3. The van der Waals surface area contributed by atoms with E-state index in [0.717, 1.165) is 5.56 Å². The highest BCUT2D eigenvalue weighted by molar-refractivity contribution is 5.89. The molecule has 0 bridgehead atoms. The van der Waals surface area contributed by atoms with E-state index in [9.17, 15) is 4.79 Å². The number of benzene rings is 2. The number of carbonyl (C=O) groups is 1. The summed E-state index contributed by atoms with van der Waals surface area (Å²) in [6.07, 6.45) is -0.0666. The van der Waals surface area contributed by atoms with Gasteiger partial charge in [-0.2, -0.15) is 0 Å². The summed E-state index contributed by atoms with van der Waals surface area (Å²) >= 11 is 0. The monoisotopic (exact) mass is 256 g/mol. The van der Waals surface area contributed by atoms with E-state index < -0.39 is 5.97 Å². The second-order valence-electron chi connectivity index (χ2n) is 4.33. The Labute approximate surface area is 112 Å². The molecule has 2 rings (SSSR count).